The predicted molar refractivity (Wildman–Crippen MR) is 80.5 cm³/mol. The normalized spacial score (nSPS) is 25.2. The van der Waals surface area contributed by atoms with Gasteiger partial charge in [0.15, 0.2) is 17.4 Å². The minimum Gasteiger partial charge on any atom is -0.332 e. The maximum absolute atomic E-state index is 12.1. The molecule has 0 aromatic heterocycles. The van der Waals surface area contributed by atoms with Gasteiger partial charge in [0, 0.05) is 19.3 Å². The molecule has 0 bridgehead atoms. The van der Waals surface area contributed by atoms with E-state index in [-0.39, 0.29) is 5.91 Å². The quantitative estimate of drug-likeness (QED) is 0.787. The van der Waals surface area contributed by atoms with Crippen molar-refractivity contribution >= 4 is 28.9 Å². The van der Waals surface area contributed by atoms with E-state index in [1.54, 1.807) is 13.1 Å². The zero-order valence-electron chi connectivity index (χ0n) is 11.6. The minimum atomic E-state index is -0.485. The molecule has 2 heterocycles. The third kappa shape index (κ3) is 2.58. The van der Waals surface area contributed by atoms with Gasteiger partial charge in [-0.2, -0.15) is 0 Å². The lowest BCUT2D eigenvalue weighted by Crippen LogP contribution is -2.63. The molecular formula is C13H18N4O2S. The number of aliphatic imine (C=N–C) groups is 1. The molecule has 7 heteroatoms. The van der Waals surface area contributed by atoms with Gasteiger partial charge in [-0.15, -0.1) is 6.58 Å². The largest absolute Gasteiger partial charge is 0.332 e. The molecule has 6 nitrogen and oxygen atoms in total. The summed E-state index contributed by atoms with van der Waals surface area (Å²) >= 11 is 1.50. The van der Waals surface area contributed by atoms with Crippen LogP contribution in [0.3, 0.4) is 0 Å². The highest BCUT2D eigenvalue weighted by Gasteiger charge is 2.48. The predicted octanol–water partition coefficient (Wildman–Crippen LogP) is 1.03. The number of urea groups is 1. The molecule has 0 aliphatic carbocycles. The molecule has 1 saturated heterocycles. The van der Waals surface area contributed by atoms with Crippen LogP contribution < -0.4 is 5.32 Å². The van der Waals surface area contributed by atoms with E-state index in [0.717, 1.165) is 10.7 Å². The Hall–Kier alpha value is -1.76. The van der Waals surface area contributed by atoms with Gasteiger partial charge in [0.25, 0.3) is 5.91 Å². The third-order valence-electron chi connectivity index (χ3n) is 3.09. The van der Waals surface area contributed by atoms with Gasteiger partial charge >= 0.3 is 6.03 Å². The molecule has 1 fully saturated rings. The fourth-order valence-electron chi connectivity index (χ4n) is 2.21. The number of imide groups is 1. The van der Waals surface area contributed by atoms with E-state index in [9.17, 15) is 9.59 Å². The average molecular weight is 294 g/mol. The number of nitrogens with zero attached hydrogens (tertiary/aromatic N) is 3. The molecule has 2 aliphatic heterocycles. The Balaban J connectivity index is 2.30. The van der Waals surface area contributed by atoms with Crippen LogP contribution in [0, 0.1) is 0 Å². The Kier molecular flexibility index (Phi) is 4.17. The zero-order valence-corrected chi connectivity index (χ0v) is 12.4. The van der Waals surface area contributed by atoms with Crippen LogP contribution in [-0.4, -0.2) is 58.5 Å². The molecule has 0 aromatic rings. The summed E-state index contributed by atoms with van der Waals surface area (Å²) in [6.45, 7) is 10.0. The Morgan fingerprint density at radius 3 is 2.85 bits per heavy atom. The Morgan fingerprint density at radius 2 is 2.25 bits per heavy atom. The number of likely N-dealkylation sites (N-methyl/N-ethyl adjacent to an activating group) is 1. The maximum Gasteiger partial charge on any atom is 0.325 e. The zero-order chi connectivity index (χ0) is 14.9. The van der Waals surface area contributed by atoms with Gasteiger partial charge in [0.1, 0.15) is 0 Å². The summed E-state index contributed by atoms with van der Waals surface area (Å²) in [7, 11) is 1.64. The molecule has 1 N–H and O–H groups in total. The third-order valence-corrected chi connectivity index (χ3v) is 4.09. The van der Waals surface area contributed by atoms with Gasteiger partial charge in [0.2, 0.25) is 0 Å². The lowest BCUT2D eigenvalue weighted by Gasteiger charge is -2.36. The summed E-state index contributed by atoms with van der Waals surface area (Å²) in [4.78, 5) is 31.7. The number of amidine groups is 1. The van der Waals surface area contributed by atoms with Crippen LogP contribution in [-0.2, 0) is 4.79 Å². The fraction of sp³-hybridized carbons (Fsp3) is 0.462. The number of carbonyl (C=O) groups excluding carboxylic acids is 2. The van der Waals surface area contributed by atoms with Gasteiger partial charge in [-0.25, -0.2) is 9.79 Å². The molecule has 3 amide bonds. The number of carbonyl (C=O) groups is 2. The highest BCUT2D eigenvalue weighted by atomic mass is 32.2. The second-order valence-electron chi connectivity index (χ2n) is 4.86. The van der Waals surface area contributed by atoms with Crippen LogP contribution in [0.5, 0.6) is 0 Å². The number of amides is 3. The molecule has 0 aromatic carbocycles. The van der Waals surface area contributed by atoms with E-state index in [1.165, 1.54) is 16.7 Å². The van der Waals surface area contributed by atoms with E-state index in [0.29, 0.717) is 12.3 Å². The summed E-state index contributed by atoms with van der Waals surface area (Å²) in [5, 5.41) is 3.10. The standard InChI is InChI=1S/C13H18N4O2S/c1-5-6-20-13-14-10-9(17(13)7-8(2)3)11(18)15-12(19)16(10)4/h5,9-10H,1-2,6-7H2,3-4H3,(H,15,18,19). The van der Waals surface area contributed by atoms with Crippen LogP contribution in [0.4, 0.5) is 4.79 Å². The molecule has 2 aliphatic rings. The van der Waals surface area contributed by atoms with Crippen molar-refractivity contribution < 1.29 is 9.59 Å². The highest BCUT2D eigenvalue weighted by molar-refractivity contribution is 8.13. The molecule has 0 radical (unpaired) electrons. The Labute approximate surface area is 122 Å². The molecule has 0 spiro atoms. The van der Waals surface area contributed by atoms with Gasteiger partial charge in [-0.05, 0) is 6.92 Å². The van der Waals surface area contributed by atoms with Crippen LogP contribution in [0.25, 0.3) is 0 Å². The fourth-order valence-corrected chi connectivity index (χ4v) is 3.00. The molecule has 2 rings (SSSR count). The van der Waals surface area contributed by atoms with Crippen LogP contribution in [0.1, 0.15) is 6.92 Å². The summed E-state index contributed by atoms with van der Waals surface area (Å²) in [5.41, 5.74) is 0.935. The average Bonchev–Trinajstić information content (AvgIpc) is 2.72. The summed E-state index contributed by atoms with van der Waals surface area (Å²) < 4.78 is 0. The second-order valence-corrected chi connectivity index (χ2v) is 5.85. The van der Waals surface area contributed by atoms with Gasteiger partial charge in [-0.3, -0.25) is 10.1 Å². The topological polar surface area (TPSA) is 65.0 Å². The number of nitrogens with one attached hydrogen (secondary N) is 1. The number of fused-ring (bicyclic) bond motifs is 1. The maximum atomic E-state index is 12.1. The summed E-state index contributed by atoms with van der Waals surface area (Å²) in [6, 6.07) is -0.896. The molecule has 2 atom stereocenters. The van der Waals surface area contributed by atoms with Crippen molar-refractivity contribution in [3.05, 3.63) is 24.8 Å². The van der Waals surface area contributed by atoms with Crippen molar-refractivity contribution in [3.63, 3.8) is 0 Å². The van der Waals surface area contributed by atoms with Crippen molar-refractivity contribution in [1.29, 1.82) is 0 Å². The minimum absolute atomic E-state index is 0.308. The van der Waals surface area contributed by atoms with E-state index in [2.05, 4.69) is 23.5 Å². The molecule has 2 unspecified atom stereocenters. The SMILES string of the molecule is C=CCSC1=NC2C(C(=O)NC(=O)N2C)N1CC(=C)C. The molecule has 108 valence electrons. The molecule has 0 saturated carbocycles. The molecular weight excluding hydrogens is 276 g/mol. The number of thioether (sulfide) groups is 1. The van der Waals surface area contributed by atoms with Crippen molar-refractivity contribution in [2.75, 3.05) is 19.3 Å². The van der Waals surface area contributed by atoms with Gasteiger partial charge in [0.05, 0.1) is 0 Å². The van der Waals surface area contributed by atoms with Crippen LogP contribution in [0.2, 0.25) is 0 Å². The smallest absolute Gasteiger partial charge is 0.325 e. The van der Waals surface area contributed by atoms with Crippen molar-refractivity contribution in [1.82, 2.24) is 15.1 Å². The van der Waals surface area contributed by atoms with E-state index in [4.69, 9.17) is 0 Å². The number of hydrogen-bond donors (Lipinski definition) is 1. The Bertz CT molecular complexity index is 503. The van der Waals surface area contributed by atoms with Crippen LogP contribution >= 0.6 is 11.8 Å². The monoisotopic (exact) mass is 294 g/mol. The highest BCUT2D eigenvalue weighted by Crippen LogP contribution is 2.28. The first kappa shape index (κ1) is 14.6. The number of rotatable bonds is 4. The van der Waals surface area contributed by atoms with Crippen molar-refractivity contribution in [3.8, 4) is 0 Å². The first-order chi connectivity index (χ1) is 9.45. The summed E-state index contributed by atoms with van der Waals surface area (Å²) in [6.07, 6.45) is 1.31. The van der Waals surface area contributed by atoms with Crippen LogP contribution in [0.15, 0.2) is 29.8 Å². The lowest BCUT2D eigenvalue weighted by molar-refractivity contribution is -0.126. The van der Waals surface area contributed by atoms with Gasteiger partial charge < -0.3 is 9.80 Å². The Morgan fingerprint density at radius 1 is 1.55 bits per heavy atom. The van der Waals surface area contributed by atoms with E-state index >= 15 is 0 Å². The summed E-state index contributed by atoms with van der Waals surface area (Å²) in [5.74, 6) is 0.391. The number of hydrogen-bond acceptors (Lipinski definition) is 5. The van der Waals surface area contributed by atoms with E-state index < -0.39 is 18.2 Å². The first-order valence-corrected chi connectivity index (χ1v) is 7.24. The first-order valence-electron chi connectivity index (χ1n) is 6.26. The molecule has 20 heavy (non-hydrogen) atoms. The van der Waals surface area contributed by atoms with Gasteiger partial charge in [-0.1, -0.05) is 30.0 Å². The van der Waals surface area contributed by atoms with Crippen molar-refractivity contribution in [2.45, 2.75) is 19.1 Å². The van der Waals surface area contributed by atoms with Crippen molar-refractivity contribution in [2.24, 2.45) is 4.99 Å². The second kappa shape index (κ2) is 5.70. The van der Waals surface area contributed by atoms with E-state index in [1.807, 2.05) is 11.8 Å². The lowest BCUT2D eigenvalue weighted by atomic mass is 10.1.